The van der Waals surface area contributed by atoms with Crippen LogP contribution in [0.25, 0.3) is 0 Å². The van der Waals surface area contributed by atoms with Gasteiger partial charge >= 0.3 is 41.8 Å². The van der Waals surface area contributed by atoms with E-state index in [0.29, 0.717) is 0 Å². The Bertz CT molecular complexity index is 1090. The molecule has 44 heavy (non-hydrogen) atoms. The fraction of sp³-hybridized carbons (Fsp3) is 0.731. The summed E-state index contributed by atoms with van der Waals surface area (Å²) in [5.41, 5.74) is 0. The summed E-state index contributed by atoms with van der Waals surface area (Å²) in [6.45, 7) is 6.11. The highest BCUT2D eigenvalue weighted by molar-refractivity contribution is 5.69. The second kappa shape index (κ2) is 16.3. The molecule has 0 bridgehead atoms. The van der Waals surface area contributed by atoms with Gasteiger partial charge in [0.15, 0.2) is 43.1 Å². The standard InChI is InChI=1S/C26H36O18/c1-10(27)35-8-17-20(21(38-13(4)30)23(25(34)42-17)40-15(6)32)44-26-24(41-16(7)33)22(39-14(5)31)19(37-12(3)29)18(43-26)9-36-11(2)28/h17-26,34H,8-9H2,1-7H3/t17?,18?,19-,20-,21-,22-,23?,24?,25+,26-/m1/s1. The van der Waals surface area contributed by atoms with Crippen molar-refractivity contribution in [3.63, 3.8) is 0 Å². The van der Waals surface area contributed by atoms with Crippen molar-refractivity contribution in [1.29, 1.82) is 0 Å². The summed E-state index contributed by atoms with van der Waals surface area (Å²) in [5.74, 6) is -6.03. The van der Waals surface area contributed by atoms with Crippen LogP contribution in [0.5, 0.6) is 0 Å². The van der Waals surface area contributed by atoms with Gasteiger partial charge in [-0.2, -0.15) is 0 Å². The minimum Gasteiger partial charge on any atom is -0.463 e. The Kier molecular flexibility index (Phi) is 13.4. The van der Waals surface area contributed by atoms with E-state index in [1.807, 2.05) is 0 Å². The molecule has 4 unspecified atom stereocenters. The van der Waals surface area contributed by atoms with E-state index in [2.05, 4.69) is 0 Å². The van der Waals surface area contributed by atoms with Crippen molar-refractivity contribution in [2.45, 2.75) is 110 Å². The van der Waals surface area contributed by atoms with Crippen molar-refractivity contribution in [2.75, 3.05) is 13.2 Å². The van der Waals surface area contributed by atoms with Crippen LogP contribution in [-0.4, -0.2) is 122 Å². The molecule has 0 amide bonds. The van der Waals surface area contributed by atoms with Crippen LogP contribution in [0.3, 0.4) is 0 Å². The molecular formula is C26H36O18. The summed E-state index contributed by atoms with van der Waals surface area (Å²) in [5, 5.41) is 10.6. The maximum atomic E-state index is 12.2. The minimum atomic E-state index is -1.90. The van der Waals surface area contributed by atoms with Gasteiger partial charge in [0.2, 0.25) is 0 Å². The highest BCUT2D eigenvalue weighted by atomic mass is 16.8. The van der Waals surface area contributed by atoms with Crippen molar-refractivity contribution in [2.24, 2.45) is 0 Å². The summed E-state index contributed by atoms with van der Waals surface area (Å²) in [7, 11) is 0. The topological polar surface area (TPSA) is 232 Å². The smallest absolute Gasteiger partial charge is 0.303 e. The molecule has 0 aliphatic carbocycles. The van der Waals surface area contributed by atoms with E-state index in [-0.39, 0.29) is 0 Å². The Balaban J connectivity index is 2.66. The molecule has 18 nitrogen and oxygen atoms in total. The molecule has 2 aliphatic heterocycles. The third-order valence-electron chi connectivity index (χ3n) is 5.90. The molecule has 0 radical (unpaired) electrons. The first-order valence-corrected chi connectivity index (χ1v) is 13.3. The van der Waals surface area contributed by atoms with Gasteiger partial charge in [-0.25, -0.2) is 0 Å². The number of esters is 7. The third-order valence-corrected chi connectivity index (χ3v) is 5.90. The van der Waals surface area contributed by atoms with Crippen LogP contribution in [0.15, 0.2) is 0 Å². The van der Waals surface area contributed by atoms with Crippen LogP contribution in [0, 0.1) is 0 Å². The predicted octanol–water partition coefficient (Wildman–Crippen LogP) is -1.40. The van der Waals surface area contributed by atoms with E-state index in [4.69, 9.17) is 47.4 Å². The van der Waals surface area contributed by atoms with Crippen LogP contribution in [0.1, 0.15) is 48.5 Å². The fourth-order valence-corrected chi connectivity index (χ4v) is 4.49. The molecule has 0 aromatic carbocycles. The summed E-state index contributed by atoms with van der Waals surface area (Å²) in [6.07, 6.45) is -16.3. The predicted molar refractivity (Wildman–Crippen MR) is 135 cm³/mol. The lowest BCUT2D eigenvalue weighted by atomic mass is 9.96. The number of aliphatic hydroxyl groups is 1. The monoisotopic (exact) mass is 636 g/mol. The number of aliphatic hydroxyl groups excluding tert-OH is 1. The van der Waals surface area contributed by atoms with Crippen LogP contribution >= 0.6 is 0 Å². The Labute approximate surface area is 251 Å². The number of hydrogen-bond acceptors (Lipinski definition) is 18. The number of carbonyl (C=O) groups excluding carboxylic acids is 7. The van der Waals surface area contributed by atoms with Crippen molar-refractivity contribution >= 4 is 41.8 Å². The van der Waals surface area contributed by atoms with Crippen molar-refractivity contribution in [3.05, 3.63) is 0 Å². The largest absolute Gasteiger partial charge is 0.463 e. The highest BCUT2D eigenvalue weighted by Crippen LogP contribution is 2.34. The molecule has 2 aliphatic rings. The van der Waals surface area contributed by atoms with E-state index in [0.717, 1.165) is 48.5 Å². The molecule has 0 saturated carbocycles. The lowest BCUT2D eigenvalue weighted by Gasteiger charge is -2.48. The summed E-state index contributed by atoms with van der Waals surface area (Å²) < 4.78 is 54.1. The minimum absolute atomic E-state index is 0.572. The number of hydrogen-bond donors (Lipinski definition) is 1. The highest BCUT2D eigenvalue weighted by Gasteiger charge is 2.57. The zero-order chi connectivity index (χ0) is 33.3. The Morgan fingerprint density at radius 3 is 1.27 bits per heavy atom. The molecule has 2 rings (SSSR count). The normalized spacial score (nSPS) is 31.5. The second-order valence-electron chi connectivity index (χ2n) is 9.68. The van der Waals surface area contributed by atoms with Gasteiger partial charge in [0.25, 0.3) is 0 Å². The lowest BCUT2D eigenvalue weighted by Crippen LogP contribution is -2.67. The summed E-state index contributed by atoms with van der Waals surface area (Å²) in [4.78, 5) is 83.5. The molecule has 0 spiro atoms. The second-order valence-corrected chi connectivity index (χ2v) is 9.68. The first kappa shape index (κ1) is 36.3. The number of rotatable bonds is 11. The van der Waals surface area contributed by atoms with Gasteiger partial charge in [-0.15, -0.1) is 0 Å². The van der Waals surface area contributed by atoms with Crippen LogP contribution in [0.2, 0.25) is 0 Å². The van der Waals surface area contributed by atoms with Crippen molar-refractivity contribution in [1.82, 2.24) is 0 Å². The molecular weight excluding hydrogens is 600 g/mol. The van der Waals surface area contributed by atoms with Crippen LogP contribution < -0.4 is 0 Å². The average molecular weight is 637 g/mol. The lowest BCUT2D eigenvalue weighted by molar-refractivity contribution is -0.357. The van der Waals surface area contributed by atoms with E-state index in [9.17, 15) is 38.7 Å². The summed E-state index contributed by atoms with van der Waals surface area (Å²) >= 11 is 0. The zero-order valence-corrected chi connectivity index (χ0v) is 25.1. The van der Waals surface area contributed by atoms with E-state index >= 15 is 0 Å². The molecule has 0 aromatic heterocycles. The van der Waals surface area contributed by atoms with Gasteiger partial charge in [-0.05, 0) is 0 Å². The van der Waals surface area contributed by atoms with Gasteiger partial charge in [-0.3, -0.25) is 33.6 Å². The molecule has 248 valence electrons. The van der Waals surface area contributed by atoms with Crippen molar-refractivity contribution in [3.8, 4) is 0 Å². The van der Waals surface area contributed by atoms with Crippen LogP contribution in [0.4, 0.5) is 0 Å². The first-order chi connectivity index (χ1) is 20.5. The molecule has 2 saturated heterocycles. The molecule has 2 fully saturated rings. The Morgan fingerprint density at radius 2 is 0.841 bits per heavy atom. The van der Waals surface area contributed by atoms with Crippen LogP contribution in [-0.2, 0) is 80.9 Å². The number of ether oxygens (including phenoxy) is 10. The van der Waals surface area contributed by atoms with Gasteiger partial charge < -0.3 is 52.5 Å². The maximum absolute atomic E-state index is 12.2. The average Bonchev–Trinajstić information content (AvgIpc) is 2.87. The van der Waals surface area contributed by atoms with Gasteiger partial charge in [0, 0.05) is 48.5 Å². The van der Waals surface area contributed by atoms with Crippen molar-refractivity contribution < 1.29 is 86.0 Å². The van der Waals surface area contributed by atoms with Gasteiger partial charge in [0.1, 0.15) is 31.5 Å². The SMILES string of the molecule is CC(=O)OCC1O[C@H](O[C@@H]2C(COC(C)=O)O[C@H](O)C(OC(C)=O)[C@@H]2OC(C)=O)C(OC(C)=O)[C@H](OC(C)=O)[C@@H]1OC(C)=O. The molecule has 1 N–H and O–H groups in total. The molecule has 18 heteroatoms. The zero-order valence-electron chi connectivity index (χ0n) is 25.1. The first-order valence-electron chi connectivity index (χ1n) is 13.3. The quantitative estimate of drug-likeness (QED) is 0.203. The molecule has 0 aromatic rings. The molecule has 10 atom stereocenters. The summed E-state index contributed by atoms with van der Waals surface area (Å²) in [6, 6.07) is 0. The van der Waals surface area contributed by atoms with E-state index in [1.165, 1.54) is 0 Å². The fourth-order valence-electron chi connectivity index (χ4n) is 4.49. The van der Waals surface area contributed by atoms with Gasteiger partial charge in [0.05, 0.1) is 0 Å². The van der Waals surface area contributed by atoms with E-state index in [1.54, 1.807) is 0 Å². The van der Waals surface area contributed by atoms with Gasteiger partial charge in [-0.1, -0.05) is 0 Å². The Hall–Kier alpha value is -3.87. The molecule has 2 heterocycles. The Morgan fingerprint density at radius 1 is 0.477 bits per heavy atom. The third kappa shape index (κ3) is 10.7. The number of carbonyl (C=O) groups is 7. The maximum Gasteiger partial charge on any atom is 0.303 e. The van der Waals surface area contributed by atoms with E-state index < -0.39 is 116 Å².